The first kappa shape index (κ1) is 15.2. The van der Waals surface area contributed by atoms with E-state index in [2.05, 4.69) is 44.1 Å². The lowest BCUT2D eigenvalue weighted by atomic mass is 10.1. The van der Waals surface area contributed by atoms with Gasteiger partial charge in [-0.15, -0.1) is 11.3 Å². The lowest BCUT2D eigenvalue weighted by Crippen LogP contribution is -2.22. The number of hydrogen-bond acceptors (Lipinski definition) is 2. The van der Waals surface area contributed by atoms with E-state index in [0.717, 1.165) is 27.5 Å². The Kier molecular flexibility index (Phi) is 5.57. The summed E-state index contributed by atoms with van der Waals surface area (Å²) in [4.78, 5) is 1.17. The molecule has 0 saturated carbocycles. The Morgan fingerprint density at radius 1 is 1.32 bits per heavy atom. The molecule has 0 aliphatic carbocycles. The van der Waals surface area contributed by atoms with Gasteiger partial charge in [-0.05, 0) is 64.1 Å². The van der Waals surface area contributed by atoms with Gasteiger partial charge in [0.1, 0.15) is 5.82 Å². The molecule has 1 aromatic heterocycles. The lowest BCUT2D eigenvalue weighted by Gasteiger charge is -2.19. The van der Waals surface area contributed by atoms with E-state index in [4.69, 9.17) is 0 Å². The number of hydrogen-bond donors (Lipinski definition) is 1. The first-order valence-electron chi connectivity index (χ1n) is 6.04. The Balaban J connectivity index is 2.39. The van der Waals surface area contributed by atoms with Crippen molar-refractivity contribution in [1.29, 1.82) is 0 Å². The van der Waals surface area contributed by atoms with Crippen molar-refractivity contribution in [1.82, 2.24) is 5.32 Å². The van der Waals surface area contributed by atoms with Crippen LogP contribution in [0.5, 0.6) is 0 Å². The molecular formula is C14H14Br2FNS. The van der Waals surface area contributed by atoms with Gasteiger partial charge in [0.15, 0.2) is 0 Å². The van der Waals surface area contributed by atoms with Gasteiger partial charge in [0, 0.05) is 13.8 Å². The zero-order chi connectivity index (χ0) is 13.8. The van der Waals surface area contributed by atoms with Crippen molar-refractivity contribution >= 4 is 43.2 Å². The summed E-state index contributed by atoms with van der Waals surface area (Å²) in [7, 11) is 0. The number of rotatable bonds is 5. The summed E-state index contributed by atoms with van der Waals surface area (Å²) >= 11 is 8.58. The Morgan fingerprint density at radius 3 is 2.68 bits per heavy atom. The molecule has 0 spiro atoms. The molecule has 2 aromatic rings. The Hall–Kier alpha value is -0.230. The van der Waals surface area contributed by atoms with Crippen LogP contribution >= 0.6 is 43.2 Å². The number of benzene rings is 1. The van der Waals surface area contributed by atoms with Crippen molar-refractivity contribution in [3.05, 3.63) is 54.8 Å². The Morgan fingerprint density at radius 2 is 2.11 bits per heavy atom. The summed E-state index contributed by atoms with van der Waals surface area (Å²) in [6, 6.07) is 7.06. The van der Waals surface area contributed by atoms with E-state index in [9.17, 15) is 4.39 Å². The average molecular weight is 407 g/mol. The summed E-state index contributed by atoms with van der Waals surface area (Å²) in [5.74, 6) is -0.222. The van der Waals surface area contributed by atoms with Gasteiger partial charge >= 0.3 is 0 Å². The third-order valence-corrected chi connectivity index (χ3v) is 5.12. The standard InChI is InChI=1S/C14H14Br2FNS/c1-2-4-18-13(14-12(16)3-5-19-14)9-6-10(15)8-11(17)7-9/h3,5-8,13,18H,2,4H2,1H3. The highest BCUT2D eigenvalue weighted by molar-refractivity contribution is 9.10. The van der Waals surface area contributed by atoms with Gasteiger partial charge in [-0.25, -0.2) is 4.39 Å². The maximum Gasteiger partial charge on any atom is 0.124 e. The van der Waals surface area contributed by atoms with E-state index in [1.165, 1.54) is 10.9 Å². The van der Waals surface area contributed by atoms with E-state index in [0.29, 0.717) is 0 Å². The van der Waals surface area contributed by atoms with E-state index < -0.39 is 0 Å². The van der Waals surface area contributed by atoms with Crippen molar-refractivity contribution in [3.8, 4) is 0 Å². The zero-order valence-electron chi connectivity index (χ0n) is 10.4. The van der Waals surface area contributed by atoms with Gasteiger partial charge in [0.2, 0.25) is 0 Å². The molecule has 0 amide bonds. The maximum absolute atomic E-state index is 13.6. The minimum absolute atomic E-state index is 0.0151. The molecule has 0 radical (unpaired) electrons. The van der Waals surface area contributed by atoms with E-state index >= 15 is 0 Å². The van der Waals surface area contributed by atoms with Crippen LogP contribution in [0.3, 0.4) is 0 Å². The van der Waals surface area contributed by atoms with Crippen molar-refractivity contribution in [2.75, 3.05) is 6.54 Å². The van der Waals surface area contributed by atoms with Crippen molar-refractivity contribution in [3.63, 3.8) is 0 Å². The number of thiophene rings is 1. The van der Waals surface area contributed by atoms with Crippen LogP contribution in [0.4, 0.5) is 4.39 Å². The Labute approximate surface area is 133 Å². The van der Waals surface area contributed by atoms with Crippen LogP contribution < -0.4 is 5.32 Å². The predicted molar refractivity (Wildman–Crippen MR) is 86.3 cm³/mol. The smallest absolute Gasteiger partial charge is 0.124 e. The summed E-state index contributed by atoms with van der Waals surface area (Å²) in [5, 5.41) is 5.51. The molecule has 0 fully saturated rings. The minimum Gasteiger partial charge on any atom is -0.306 e. The summed E-state index contributed by atoms with van der Waals surface area (Å²) < 4.78 is 15.4. The van der Waals surface area contributed by atoms with E-state index in [1.807, 2.05) is 17.5 Å². The molecule has 2 rings (SSSR count). The largest absolute Gasteiger partial charge is 0.306 e. The summed E-state index contributed by atoms with van der Waals surface area (Å²) in [5.41, 5.74) is 0.934. The number of nitrogens with one attached hydrogen (secondary N) is 1. The highest BCUT2D eigenvalue weighted by Gasteiger charge is 2.18. The molecule has 1 heterocycles. The van der Waals surface area contributed by atoms with Crippen molar-refractivity contribution in [2.45, 2.75) is 19.4 Å². The second-order valence-corrected chi connectivity index (χ2v) is 6.94. The van der Waals surface area contributed by atoms with Crippen molar-refractivity contribution in [2.24, 2.45) is 0 Å². The molecule has 1 atom stereocenters. The Bertz CT molecular complexity index is 536. The van der Waals surface area contributed by atoms with Crippen molar-refractivity contribution < 1.29 is 4.39 Å². The summed E-state index contributed by atoms with van der Waals surface area (Å²) in [6.45, 7) is 3.01. The topological polar surface area (TPSA) is 12.0 Å². The molecule has 1 aromatic carbocycles. The molecule has 1 unspecified atom stereocenters. The van der Waals surface area contributed by atoms with Crippen LogP contribution in [0, 0.1) is 5.82 Å². The predicted octanol–water partition coefficient (Wildman–Crippen LogP) is 5.50. The van der Waals surface area contributed by atoms with Gasteiger partial charge in [-0.1, -0.05) is 22.9 Å². The van der Waals surface area contributed by atoms with Crippen LogP contribution in [-0.4, -0.2) is 6.54 Å². The third-order valence-electron chi connectivity index (χ3n) is 2.72. The first-order valence-corrected chi connectivity index (χ1v) is 8.50. The quantitative estimate of drug-likeness (QED) is 0.690. The molecule has 19 heavy (non-hydrogen) atoms. The van der Waals surface area contributed by atoms with Crippen LogP contribution in [0.2, 0.25) is 0 Å². The van der Waals surface area contributed by atoms with Crippen LogP contribution in [0.15, 0.2) is 38.6 Å². The fraction of sp³-hybridized carbons (Fsp3) is 0.286. The fourth-order valence-electron chi connectivity index (χ4n) is 1.90. The highest BCUT2D eigenvalue weighted by atomic mass is 79.9. The molecule has 1 N–H and O–H groups in total. The molecule has 1 nitrogen and oxygen atoms in total. The molecule has 5 heteroatoms. The van der Waals surface area contributed by atoms with Crippen LogP contribution in [0.1, 0.15) is 29.8 Å². The van der Waals surface area contributed by atoms with E-state index in [1.54, 1.807) is 17.4 Å². The van der Waals surface area contributed by atoms with Gasteiger partial charge in [0.05, 0.1) is 6.04 Å². The molecule has 102 valence electrons. The molecule has 0 aliphatic heterocycles. The molecule has 0 aliphatic rings. The second kappa shape index (κ2) is 6.97. The van der Waals surface area contributed by atoms with Gasteiger partial charge in [-0.3, -0.25) is 0 Å². The minimum atomic E-state index is -0.222. The van der Waals surface area contributed by atoms with Crippen LogP contribution in [-0.2, 0) is 0 Å². The number of halogens is 3. The summed E-state index contributed by atoms with van der Waals surface area (Å²) in [6.07, 6.45) is 1.04. The SMILES string of the molecule is CCCNC(c1cc(F)cc(Br)c1)c1sccc1Br. The average Bonchev–Trinajstić information content (AvgIpc) is 2.75. The van der Waals surface area contributed by atoms with Gasteiger partial charge in [-0.2, -0.15) is 0 Å². The third kappa shape index (κ3) is 3.88. The second-order valence-electron chi connectivity index (χ2n) is 4.22. The maximum atomic E-state index is 13.6. The normalized spacial score (nSPS) is 12.6. The van der Waals surface area contributed by atoms with E-state index in [-0.39, 0.29) is 11.9 Å². The van der Waals surface area contributed by atoms with Crippen LogP contribution in [0.25, 0.3) is 0 Å². The fourth-order valence-corrected chi connectivity index (χ4v) is 4.09. The highest BCUT2D eigenvalue weighted by Crippen LogP contribution is 2.34. The van der Waals surface area contributed by atoms with Gasteiger partial charge < -0.3 is 5.32 Å². The zero-order valence-corrected chi connectivity index (χ0v) is 14.4. The molecule has 0 bridgehead atoms. The lowest BCUT2D eigenvalue weighted by molar-refractivity contribution is 0.589. The molecule has 0 saturated heterocycles. The van der Waals surface area contributed by atoms with Gasteiger partial charge in [0.25, 0.3) is 0 Å². The molecular weight excluding hydrogens is 393 g/mol. The monoisotopic (exact) mass is 405 g/mol. The first-order chi connectivity index (χ1) is 9.11.